The molecule has 2 rings (SSSR count). The first-order valence-electron chi connectivity index (χ1n) is 6.36. The van der Waals surface area contributed by atoms with Crippen molar-refractivity contribution in [2.45, 2.75) is 46.0 Å². The first-order valence-corrected chi connectivity index (χ1v) is 6.36. The monoisotopic (exact) mass is 236 g/mol. The second-order valence-electron chi connectivity index (χ2n) is 6.32. The molecule has 1 N–H and O–H groups in total. The normalized spacial score (nSPS) is 28.0. The summed E-state index contributed by atoms with van der Waals surface area (Å²) in [6.07, 6.45) is 3.46. The Morgan fingerprint density at radius 2 is 2.00 bits per heavy atom. The summed E-state index contributed by atoms with van der Waals surface area (Å²) in [5.41, 5.74) is 1.36. The first-order chi connectivity index (χ1) is 7.87. The zero-order chi connectivity index (χ0) is 12.6. The third kappa shape index (κ3) is 2.80. The summed E-state index contributed by atoms with van der Waals surface area (Å²) < 4.78 is 13.4. The molecule has 0 radical (unpaired) electrons. The van der Waals surface area contributed by atoms with Crippen LogP contribution in [0.25, 0.3) is 0 Å². The van der Waals surface area contributed by atoms with E-state index in [-0.39, 0.29) is 5.75 Å². The molecule has 2 heteroatoms. The van der Waals surface area contributed by atoms with E-state index in [2.05, 4.69) is 20.8 Å². The Labute approximate surface area is 103 Å². The zero-order valence-corrected chi connectivity index (χ0v) is 10.8. The average molecular weight is 236 g/mol. The van der Waals surface area contributed by atoms with Crippen LogP contribution in [0.4, 0.5) is 4.39 Å². The van der Waals surface area contributed by atoms with Crippen molar-refractivity contribution in [3.05, 3.63) is 29.6 Å². The third-order valence-electron chi connectivity index (χ3n) is 3.83. The van der Waals surface area contributed by atoms with Gasteiger partial charge in [0.1, 0.15) is 0 Å². The topological polar surface area (TPSA) is 20.2 Å². The lowest BCUT2D eigenvalue weighted by Crippen LogP contribution is -2.26. The molecule has 17 heavy (non-hydrogen) atoms. The molecular weight excluding hydrogens is 215 g/mol. The standard InChI is InChI=1S/C15H21FO/c1-10-6-12(9-15(2,3)8-10)11-4-5-14(17)13(16)7-11/h4-5,7,10,12,17H,6,8-9H2,1-3H3. The molecule has 94 valence electrons. The van der Waals surface area contributed by atoms with Gasteiger partial charge in [0, 0.05) is 0 Å². The predicted octanol–water partition coefficient (Wildman–Crippen LogP) is 4.46. The van der Waals surface area contributed by atoms with Crippen molar-refractivity contribution >= 4 is 0 Å². The van der Waals surface area contributed by atoms with Gasteiger partial charge in [-0.3, -0.25) is 0 Å². The molecule has 0 heterocycles. The minimum atomic E-state index is -0.501. The van der Waals surface area contributed by atoms with Crippen molar-refractivity contribution in [3.63, 3.8) is 0 Å². The highest BCUT2D eigenvalue weighted by atomic mass is 19.1. The van der Waals surface area contributed by atoms with Crippen LogP contribution in [0.15, 0.2) is 18.2 Å². The van der Waals surface area contributed by atoms with Crippen molar-refractivity contribution in [2.24, 2.45) is 11.3 Å². The van der Waals surface area contributed by atoms with Gasteiger partial charge in [-0.2, -0.15) is 0 Å². The molecule has 1 nitrogen and oxygen atoms in total. The lowest BCUT2D eigenvalue weighted by atomic mass is 9.66. The van der Waals surface area contributed by atoms with E-state index in [9.17, 15) is 9.50 Å². The number of aromatic hydroxyl groups is 1. The van der Waals surface area contributed by atoms with Gasteiger partial charge in [-0.1, -0.05) is 26.8 Å². The van der Waals surface area contributed by atoms with Crippen LogP contribution in [0.2, 0.25) is 0 Å². The van der Waals surface area contributed by atoms with Crippen LogP contribution in [0.1, 0.15) is 51.5 Å². The lowest BCUT2D eigenvalue weighted by molar-refractivity contribution is 0.168. The number of halogens is 1. The smallest absolute Gasteiger partial charge is 0.165 e. The van der Waals surface area contributed by atoms with E-state index in [0.29, 0.717) is 17.3 Å². The van der Waals surface area contributed by atoms with Crippen molar-refractivity contribution in [1.29, 1.82) is 0 Å². The van der Waals surface area contributed by atoms with Gasteiger partial charge in [0.15, 0.2) is 11.6 Å². The minimum absolute atomic E-state index is 0.253. The van der Waals surface area contributed by atoms with Crippen LogP contribution in [0, 0.1) is 17.2 Å². The molecule has 1 aliphatic carbocycles. The first kappa shape index (κ1) is 12.4. The molecule has 0 amide bonds. The summed E-state index contributed by atoms with van der Waals surface area (Å²) in [6, 6.07) is 4.82. The summed E-state index contributed by atoms with van der Waals surface area (Å²) in [4.78, 5) is 0. The predicted molar refractivity (Wildman–Crippen MR) is 67.6 cm³/mol. The summed E-state index contributed by atoms with van der Waals surface area (Å²) >= 11 is 0. The fourth-order valence-corrected chi connectivity index (χ4v) is 3.38. The quantitative estimate of drug-likeness (QED) is 0.763. The average Bonchev–Trinajstić information content (AvgIpc) is 2.19. The van der Waals surface area contributed by atoms with Crippen LogP contribution in [-0.2, 0) is 0 Å². The van der Waals surface area contributed by atoms with Crippen molar-refractivity contribution in [2.75, 3.05) is 0 Å². The number of phenolic OH excluding ortho intramolecular Hbond substituents is 1. The van der Waals surface area contributed by atoms with E-state index in [1.54, 1.807) is 0 Å². The van der Waals surface area contributed by atoms with Gasteiger partial charge in [-0.25, -0.2) is 4.39 Å². The SMILES string of the molecule is CC1CC(c2ccc(O)c(F)c2)CC(C)(C)C1. The molecule has 0 spiro atoms. The van der Waals surface area contributed by atoms with Gasteiger partial charge in [0.2, 0.25) is 0 Å². The Morgan fingerprint density at radius 1 is 1.29 bits per heavy atom. The Kier molecular flexibility index (Phi) is 3.15. The summed E-state index contributed by atoms with van der Waals surface area (Å²) in [6.45, 7) is 6.84. The largest absolute Gasteiger partial charge is 0.505 e. The van der Waals surface area contributed by atoms with E-state index in [1.165, 1.54) is 18.6 Å². The molecule has 1 fully saturated rings. The van der Waals surface area contributed by atoms with Crippen molar-refractivity contribution in [1.82, 2.24) is 0 Å². The van der Waals surface area contributed by atoms with Crippen LogP contribution in [0.3, 0.4) is 0 Å². The van der Waals surface area contributed by atoms with Gasteiger partial charge < -0.3 is 5.11 Å². The molecular formula is C15H21FO. The Bertz CT molecular complexity index is 411. The molecule has 1 aromatic carbocycles. The third-order valence-corrected chi connectivity index (χ3v) is 3.83. The molecule has 0 saturated heterocycles. The molecule has 0 bridgehead atoms. The van der Waals surface area contributed by atoms with Gasteiger partial charge >= 0.3 is 0 Å². The number of phenols is 1. The fraction of sp³-hybridized carbons (Fsp3) is 0.600. The maximum atomic E-state index is 13.4. The van der Waals surface area contributed by atoms with Crippen LogP contribution in [-0.4, -0.2) is 5.11 Å². The van der Waals surface area contributed by atoms with Gasteiger partial charge in [-0.15, -0.1) is 0 Å². The molecule has 0 aromatic heterocycles. The Morgan fingerprint density at radius 3 is 2.59 bits per heavy atom. The maximum absolute atomic E-state index is 13.4. The van der Waals surface area contributed by atoms with Crippen molar-refractivity contribution < 1.29 is 9.50 Å². The molecule has 1 aromatic rings. The molecule has 1 aliphatic rings. The molecule has 2 atom stereocenters. The van der Waals surface area contributed by atoms with E-state index < -0.39 is 5.82 Å². The molecule has 0 aliphatic heterocycles. The fourth-order valence-electron chi connectivity index (χ4n) is 3.38. The van der Waals surface area contributed by atoms with Gasteiger partial charge in [0.05, 0.1) is 0 Å². The second-order valence-corrected chi connectivity index (χ2v) is 6.32. The lowest BCUT2D eigenvalue weighted by Gasteiger charge is -2.39. The van der Waals surface area contributed by atoms with Gasteiger partial charge in [0.25, 0.3) is 0 Å². The minimum Gasteiger partial charge on any atom is -0.505 e. The van der Waals surface area contributed by atoms with Crippen molar-refractivity contribution in [3.8, 4) is 5.75 Å². The van der Waals surface area contributed by atoms with E-state index in [4.69, 9.17) is 0 Å². The van der Waals surface area contributed by atoms with Gasteiger partial charge in [-0.05, 0) is 54.2 Å². The number of rotatable bonds is 1. The summed E-state index contributed by atoms with van der Waals surface area (Å²) in [5.74, 6) is 0.347. The Balaban J connectivity index is 2.24. The molecule has 2 unspecified atom stereocenters. The number of benzene rings is 1. The van der Waals surface area contributed by atoms with Crippen LogP contribution in [0.5, 0.6) is 5.75 Å². The summed E-state index contributed by atoms with van der Waals surface area (Å²) in [7, 11) is 0. The number of hydrogen-bond donors (Lipinski definition) is 1. The maximum Gasteiger partial charge on any atom is 0.165 e. The van der Waals surface area contributed by atoms with E-state index in [1.807, 2.05) is 6.07 Å². The van der Waals surface area contributed by atoms with Crippen LogP contribution >= 0.6 is 0 Å². The van der Waals surface area contributed by atoms with Crippen LogP contribution < -0.4 is 0 Å². The highest BCUT2D eigenvalue weighted by Crippen LogP contribution is 2.46. The zero-order valence-electron chi connectivity index (χ0n) is 10.8. The Hall–Kier alpha value is -1.05. The van der Waals surface area contributed by atoms with E-state index >= 15 is 0 Å². The van der Waals surface area contributed by atoms with E-state index in [0.717, 1.165) is 18.4 Å². The summed E-state index contributed by atoms with van der Waals surface area (Å²) in [5, 5.41) is 9.22. The molecule has 1 saturated carbocycles. The highest BCUT2D eigenvalue weighted by molar-refractivity contribution is 5.30. The number of hydrogen-bond acceptors (Lipinski definition) is 1. The second kappa shape index (κ2) is 4.32. The highest BCUT2D eigenvalue weighted by Gasteiger charge is 2.32.